The lowest BCUT2D eigenvalue weighted by molar-refractivity contribution is -0.128. The van der Waals surface area contributed by atoms with E-state index in [-0.39, 0.29) is 169 Å². The topological polar surface area (TPSA) is 404 Å². The van der Waals surface area contributed by atoms with Crippen LogP contribution >= 0.6 is 0 Å². The van der Waals surface area contributed by atoms with E-state index in [4.69, 9.17) is 30.4 Å². The molecule has 0 aliphatic rings. The molecule has 0 aromatic heterocycles. The number of ketones is 1. The van der Waals surface area contributed by atoms with E-state index in [1.54, 1.807) is 27.7 Å². The van der Waals surface area contributed by atoms with Crippen molar-refractivity contribution in [3.8, 4) is 0 Å². The second-order valence-electron chi connectivity index (χ2n) is 21.9. The zero-order valence-electron chi connectivity index (χ0n) is 51.0. The van der Waals surface area contributed by atoms with Crippen molar-refractivity contribution in [3.05, 3.63) is 0 Å². The highest BCUT2D eigenvalue weighted by Crippen LogP contribution is 2.14. The molecule has 8 amide bonds. The lowest BCUT2D eigenvalue weighted by Gasteiger charge is -2.32. The van der Waals surface area contributed by atoms with E-state index in [0.29, 0.717) is 89.0 Å². The average molecular weight is 1190 g/mol. The summed E-state index contributed by atoms with van der Waals surface area (Å²) in [6.45, 7) is 17.2. The Kier molecular flexibility index (Phi) is 43.2. The monoisotopic (exact) mass is 1180 g/mol. The van der Waals surface area contributed by atoms with Crippen LogP contribution in [0.2, 0.25) is 0 Å². The molecule has 0 bridgehead atoms. The minimum Gasteiger partial charge on any atom is -0.411 e. The summed E-state index contributed by atoms with van der Waals surface area (Å²) in [7, 11) is 0. The highest BCUT2D eigenvalue weighted by molar-refractivity contribution is 5.91. The number of hydrogen-bond acceptors (Lipinski definition) is 19. The maximum atomic E-state index is 13.4. The van der Waals surface area contributed by atoms with Gasteiger partial charge in [0, 0.05) is 83.2 Å². The summed E-state index contributed by atoms with van der Waals surface area (Å²) in [5.41, 5.74) is 10.1. The van der Waals surface area contributed by atoms with E-state index >= 15 is 0 Å². The predicted molar refractivity (Wildman–Crippen MR) is 313 cm³/mol. The summed E-state index contributed by atoms with van der Waals surface area (Å²) in [6, 6.07) is -1.21. The lowest BCUT2D eigenvalue weighted by Crippen LogP contribution is -2.57. The molecule has 14 N–H and O–H groups in total. The first kappa shape index (κ1) is 77.1. The average Bonchev–Trinajstić information content (AvgIpc) is 3.43. The molecule has 0 unspecified atom stereocenters. The number of carbonyl (C=O) groups excluding carboxylic acids is 9. The number of nitrogens with zero attached hydrogens (tertiary/aromatic N) is 2. The number of Topliss-reactive ketones (excluding diaryl/α,β-unsaturated/α-hetero) is 1. The number of nitrogens with one attached hydrogen (secondary N) is 8. The van der Waals surface area contributed by atoms with Gasteiger partial charge < -0.3 is 83.4 Å². The molecule has 27 heteroatoms. The SMILES string of the molecule is C/C(=N/O)C(C)(C)NCC(CNC(C)(C)/C(C)=N\O)NC(=O)CCCC(=O)N[C@@H](CCCCNC(=O)CCCC(=O)NCCOCCOCC(=O)NCCOCCOCC(=O)NCCCC[C@H](C)C(N)=O)C(=O)CCCCC[C@H](C)C(N)=O. The van der Waals surface area contributed by atoms with Gasteiger partial charge in [-0.2, -0.15) is 0 Å². The van der Waals surface area contributed by atoms with Crippen LogP contribution in [0.4, 0.5) is 0 Å². The van der Waals surface area contributed by atoms with Crippen LogP contribution in [0.5, 0.6) is 0 Å². The Balaban J connectivity index is 4.57. The molecule has 0 saturated carbocycles. The number of hydrogen-bond donors (Lipinski definition) is 12. The van der Waals surface area contributed by atoms with E-state index in [0.717, 1.165) is 19.3 Å². The standard InChI is InChI=1S/C56H104N12O15/c1-40(53(57)76)18-10-9-11-21-46(69)45(66-50(73)25-17-24-49(72)65-44(36-63-55(5,6)42(3)67-78)37-64-56(7,8)43(4)68-79)20-13-15-26-59-47(70)22-16-23-48(71)61-28-30-80-32-35-83-39-52(75)62-29-31-81-33-34-82-38-51(74)60-27-14-12-19-41(2)54(58)77/h40-41,44-45,63-64,78-79H,9-39H2,1-8H3,(H2,57,76)(H2,58,77)(H,59,70)(H,60,74)(H,61,71)(H,62,75)(H,65,72)(H,66,73)/b67-42-,68-43-/t40-,41-,45-/m0/s1. The molecular formula is C56H104N12O15. The van der Waals surface area contributed by atoms with Gasteiger partial charge in [-0.25, -0.2) is 0 Å². The normalized spacial score (nSPS) is 13.5. The van der Waals surface area contributed by atoms with Gasteiger partial charge in [0.1, 0.15) is 13.2 Å². The number of unbranched alkanes of at least 4 members (excludes halogenated alkanes) is 4. The summed E-state index contributed by atoms with van der Waals surface area (Å²) in [5.74, 6) is -2.96. The van der Waals surface area contributed by atoms with Gasteiger partial charge in [0.25, 0.3) is 0 Å². The number of primary amides is 2. The second kappa shape index (κ2) is 46.5. The summed E-state index contributed by atoms with van der Waals surface area (Å²) in [5, 5.41) is 48.7. The maximum absolute atomic E-state index is 13.4. The van der Waals surface area contributed by atoms with Gasteiger partial charge in [0.15, 0.2) is 5.78 Å². The van der Waals surface area contributed by atoms with Crippen LogP contribution in [0.15, 0.2) is 10.3 Å². The van der Waals surface area contributed by atoms with Crippen molar-refractivity contribution in [1.29, 1.82) is 0 Å². The van der Waals surface area contributed by atoms with Crippen molar-refractivity contribution in [2.75, 3.05) is 92.1 Å². The summed E-state index contributed by atoms with van der Waals surface area (Å²) in [6.07, 6.45) is 7.33. The minimum atomic E-state index is -0.765. The van der Waals surface area contributed by atoms with Crippen molar-refractivity contribution in [2.45, 2.75) is 188 Å². The molecule has 0 fully saturated rings. The molecular weight excluding hydrogens is 1080 g/mol. The second-order valence-corrected chi connectivity index (χ2v) is 21.9. The molecule has 83 heavy (non-hydrogen) atoms. The van der Waals surface area contributed by atoms with Crippen molar-refractivity contribution < 1.29 is 72.5 Å². The maximum Gasteiger partial charge on any atom is 0.246 e. The van der Waals surface area contributed by atoms with E-state index in [1.807, 2.05) is 27.7 Å². The molecule has 0 heterocycles. The number of nitrogens with two attached hydrogens (primary N) is 2. The van der Waals surface area contributed by atoms with Gasteiger partial charge >= 0.3 is 0 Å². The molecule has 0 rings (SSSR count). The fraction of sp³-hybridized carbons (Fsp3) is 0.804. The predicted octanol–water partition coefficient (Wildman–Crippen LogP) is 1.37. The fourth-order valence-electron chi connectivity index (χ4n) is 7.60. The summed E-state index contributed by atoms with van der Waals surface area (Å²) in [4.78, 5) is 111. The molecule has 27 nitrogen and oxygen atoms in total. The number of oxime groups is 2. The molecule has 0 saturated heterocycles. The van der Waals surface area contributed by atoms with E-state index < -0.39 is 23.2 Å². The van der Waals surface area contributed by atoms with Gasteiger partial charge in [-0.3, -0.25) is 43.2 Å². The minimum absolute atomic E-state index is 0.00120. The zero-order valence-corrected chi connectivity index (χ0v) is 51.0. The van der Waals surface area contributed by atoms with E-state index in [1.165, 1.54) is 0 Å². The molecule has 0 radical (unpaired) electrons. The molecule has 0 spiro atoms. The van der Waals surface area contributed by atoms with Gasteiger partial charge in [-0.15, -0.1) is 0 Å². The van der Waals surface area contributed by atoms with Crippen LogP contribution in [0.1, 0.15) is 165 Å². The Morgan fingerprint density at radius 1 is 0.446 bits per heavy atom. The van der Waals surface area contributed by atoms with Crippen molar-refractivity contribution >= 4 is 64.5 Å². The van der Waals surface area contributed by atoms with Gasteiger partial charge in [-0.1, -0.05) is 43.4 Å². The van der Waals surface area contributed by atoms with Gasteiger partial charge in [0.2, 0.25) is 47.3 Å². The third-order valence-corrected chi connectivity index (χ3v) is 13.9. The Labute approximate surface area is 491 Å². The van der Waals surface area contributed by atoms with Gasteiger partial charge in [-0.05, 0) is 99.3 Å². The summed E-state index contributed by atoms with van der Waals surface area (Å²) >= 11 is 0. The molecule has 478 valence electrons. The van der Waals surface area contributed by atoms with Crippen LogP contribution in [0.3, 0.4) is 0 Å². The molecule has 0 aliphatic carbocycles. The van der Waals surface area contributed by atoms with Gasteiger partial charge in [0.05, 0.1) is 74.2 Å². The Bertz CT molecular complexity index is 1960. The Morgan fingerprint density at radius 2 is 0.831 bits per heavy atom. The molecule has 0 aromatic rings. The van der Waals surface area contributed by atoms with Crippen LogP contribution in [-0.2, 0) is 62.1 Å². The zero-order chi connectivity index (χ0) is 62.5. The fourth-order valence-corrected chi connectivity index (χ4v) is 7.60. The first-order valence-electron chi connectivity index (χ1n) is 29.3. The van der Waals surface area contributed by atoms with Crippen molar-refractivity contribution in [3.63, 3.8) is 0 Å². The molecule has 0 aliphatic heterocycles. The smallest absolute Gasteiger partial charge is 0.246 e. The third kappa shape index (κ3) is 41.7. The first-order chi connectivity index (χ1) is 39.3. The third-order valence-electron chi connectivity index (χ3n) is 13.9. The Hall–Kier alpha value is -5.87. The first-order valence-corrected chi connectivity index (χ1v) is 29.3. The van der Waals surface area contributed by atoms with E-state index in [2.05, 4.69) is 52.8 Å². The number of amides is 8. The quantitative estimate of drug-likeness (QED) is 0.0177. The van der Waals surface area contributed by atoms with Crippen LogP contribution < -0.4 is 54.0 Å². The largest absolute Gasteiger partial charge is 0.411 e. The van der Waals surface area contributed by atoms with E-state index in [9.17, 15) is 53.6 Å². The highest BCUT2D eigenvalue weighted by Gasteiger charge is 2.27. The van der Waals surface area contributed by atoms with Crippen molar-refractivity contribution in [1.82, 2.24) is 42.5 Å². The Morgan fingerprint density at radius 3 is 1.29 bits per heavy atom. The van der Waals surface area contributed by atoms with Crippen LogP contribution in [-0.4, -0.2) is 190 Å². The number of carbonyl (C=O) groups is 9. The van der Waals surface area contributed by atoms with Crippen LogP contribution in [0.25, 0.3) is 0 Å². The molecule has 0 aromatic carbocycles. The van der Waals surface area contributed by atoms with Crippen molar-refractivity contribution in [2.24, 2.45) is 33.6 Å². The number of ether oxygens (including phenoxy) is 4. The highest BCUT2D eigenvalue weighted by atomic mass is 16.5. The van der Waals surface area contributed by atoms with Crippen LogP contribution in [0, 0.1) is 11.8 Å². The molecule has 3 atom stereocenters. The lowest BCUT2D eigenvalue weighted by atomic mass is 9.98. The number of rotatable bonds is 53. The summed E-state index contributed by atoms with van der Waals surface area (Å²) < 4.78 is 21.4.